The number of nitriles is 1. The first-order valence-corrected chi connectivity index (χ1v) is 3.84. The molecular formula is C9H8N4. The molecule has 0 amide bonds. The molecule has 4 nitrogen and oxygen atoms in total. The number of hydrogen-bond acceptors (Lipinski definition) is 2. The Morgan fingerprint density at radius 2 is 2.15 bits per heavy atom. The molecule has 0 fully saturated rings. The van der Waals surface area contributed by atoms with Gasteiger partial charge in [-0.3, -0.25) is 0 Å². The van der Waals surface area contributed by atoms with Gasteiger partial charge >= 0.3 is 0 Å². The summed E-state index contributed by atoms with van der Waals surface area (Å²) in [5.41, 5.74) is 9.15. The number of nitrogens with zero attached hydrogens (tertiary/aromatic N) is 4. The van der Waals surface area contributed by atoms with Gasteiger partial charge in [0.1, 0.15) is 0 Å². The van der Waals surface area contributed by atoms with Gasteiger partial charge in [-0.15, -0.1) is 0 Å². The fourth-order valence-electron chi connectivity index (χ4n) is 1.05. The lowest BCUT2D eigenvalue weighted by Gasteiger charge is -2.05. The van der Waals surface area contributed by atoms with E-state index >= 15 is 0 Å². The quantitative estimate of drug-likeness (QED) is 0.392. The summed E-state index contributed by atoms with van der Waals surface area (Å²) in [5.74, 6) is 0. The van der Waals surface area contributed by atoms with Gasteiger partial charge in [-0.1, -0.05) is 35.4 Å². The molecule has 0 spiro atoms. The summed E-state index contributed by atoms with van der Waals surface area (Å²) < 4.78 is 0. The second-order valence-electron chi connectivity index (χ2n) is 2.49. The van der Waals surface area contributed by atoms with Crippen LogP contribution in [0.2, 0.25) is 0 Å². The van der Waals surface area contributed by atoms with Crippen molar-refractivity contribution in [3.8, 4) is 6.07 Å². The van der Waals surface area contributed by atoms with E-state index in [0.717, 1.165) is 5.56 Å². The molecule has 0 heterocycles. The summed E-state index contributed by atoms with van der Waals surface area (Å²) in [5, 5.41) is 12.0. The van der Waals surface area contributed by atoms with E-state index in [0.29, 0.717) is 0 Å². The fraction of sp³-hybridized carbons (Fsp3) is 0.222. The molecule has 1 rings (SSSR count). The van der Waals surface area contributed by atoms with Gasteiger partial charge in [0.2, 0.25) is 0 Å². The molecule has 1 unspecified atom stereocenters. The van der Waals surface area contributed by atoms with E-state index in [1.54, 1.807) is 0 Å². The topological polar surface area (TPSA) is 72.5 Å². The average molecular weight is 172 g/mol. The number of benzene rings is 1. The zero-order valence-electron chi connectivity index (χ0n) is 6.96. The van der Waals surface area contributed by atoms with Crippen molar-refractivity contribution >= 4 is 0 Å². The summed E-state index contributed by atoms with van der Waals surface area (Å²) >= 11 is 0. The maximum atomic E-state index is 8.49. The minimum absolute atomic E-state index is 0.216. The summed E-state index contributed by atoms with van der Waals surface area (Å²) in [4.78, 5) is 2.70. The normalized spacial score (nSPS) is 11.0. The Hall–Kier alpha value is -1.98. The first-order chi connectivity index (χ1) is 6.38. The van der Waals surface area contributed by atoms with Crippen LogP contribution in [0.4, 0.5) is 0 Å². The van der Waals surface area contributed by atoms with Crippen molar-refractivity contribution in [3.05, 3.63) is 46.3 Å². The van der Waals surface area contributed by atoms with E-state index in [2.05, 4.69) is 10.0 Å². The lowest BCUT2D eigenvalue weighted by atomic mass is 10.1. The minimum atomic E-state index is -0.365. The van der Waals surface area contributed by atoms with Crippen LogP contribution in [0.5, 0.6) is 0 Å². The molecule has 1 aromatic carbocycles. The molecule has 1 atom stereocenters. The third kappa shape index (κ3) is 2.51. The maximum Gasteiger partial charge on any atom is 0.0755 e. The van der Waals surface area contributed by atoms with Gasteiger partial charge in [-0.25, -0.2) is 0 Å². The van der Waals surface area contributed by atoms with Crippen LogP contribution in [-0.2, 0) is 0 Å². The standard InChI is InChI=1S/C9H8N4/c10-7-6-9(12-13-11)8-4-2-1-3-5-8/h1-5,9H,6H2. The zero-order chi connectivity index (χ0) is 9.52. The van der Waals surface area contributed by atoms with Crippen molar-refractivity contribution in [1.29, 1.82) is 5.26 Å². The Bertz CT molecular complexity index is 346. The monoisotopic (exact) mass is 172 g/mol. The Balaban J connectivity index is 2.89. The van der Waals surface area contributed by atoms with Crippen LogP contribution in [0.15, 0.2) is 35.4 Å². The van der Waals surface area contributed by atoms with Crippen molar-refractivity contribution < 1.29 is 0 Å². The van der Waals surface area contributed by atoms with Crippen LogP contribution < -0.4 is 0 Å². The summed E-state index contributed by atoms with van der Waals surface area (Å²) in [6.45, 7) is 0. The summed E-state index contributed by atoms with van der Waals surface area (Å²) in [6.07, 6.45) is 0.216. The van der Waals surface area contributed by atoms with Gasteiger partial charge in [-0.2, -0.15) is 5.26 Å². The highest BCUT2D eigenvalue weighted by molar-refractivity contribution is 5.19. The third-order valence-corrected chi connectivity index (χ3v) is 1.66. The summed E-state index contributed by atoms with van der Waals surface area (Å²) in [7, 11) is 0. The van der Waals surface area contributed by atoms with Gasteiger partial charge in [0.25, 0.3) is 0 Å². The van der Waals surface area contributed by atoms with Crippen LogP contribution in [-0.4, -0.2) is 0 Å². The average Bonchev–Trinajstić information content (AvgIpc) is 2.19. The molecule has 0 radical (unpaired) electrons. The molecule has 0 aromatic heterocycles. The lowest BCUT2D eigenvalue weighted by Crippen LogP contribution is -1.91. The number of azide groups is 1. The highest BCUT2D eigenvalue weighted by Gasteiger charge is 2.07. The van der Waals surface area contributed by atoms with Crippen molar-refractivity contribution in [3.63, 3.8) is 0 Å². The molecule has 13 heavy (non-hydrogen) atoms. The summed E-state index contributed by atoms with van der Waals surface area (Å²) in [6, 6.07) is 10.9. The predicted octanol–water partition coefficient (Wildman–Crippen LogP) is 2.95. The van der Waals surface area contributed by atoms with E-state index < -0.39 is 0 Å². The van der Waals surface area contributed by atoms with Gasteiger partial charge in [0.15, 0.2) is 0 Å². The largest absolute Gasteiger partial charge is 0.198 e. The first kappa shape index (κ1) is 9.11. The smallest absolute Gasteiger partial charge is 0.0755 e. The SMILES string of the molecule is N#CCC(N=[N+]=[N-])c1ccccc1. The minimum Gasteiger partial charge on any atom is -0.198 e. The van der Waals surface area contributed by atoms with Crippen molar-refractivity contribution in [2.45, 2.75) is 12.5 Å². The van der Waals surface area contributed by atoms with Crippen LogP contribution in [0.3, 0.4) is 0 Å². The zero-order valence-corrected chi connectivity index (χ0v) is 6.96. The van der Waals surface area contributed by atoms with E-state index in [9.17, 15) is 0 Å². The molecule has 0 N–H and O–H groups in total. The highest BCUT2D eigenvalue weighted by Crippen LogP contribution is 2.20. The van der Waals surface area contributed by atoms with Crippen molar-refractivity contribution in [1.82, 2.24) is 0 Å². The molecule has 1 aromatic rings. The molecule has 0 aliphatic heterocycles. The van der Waals surface area contributed by atoms with Gasteiger partial charge in [-0.05, 0) is 11.1 Å². The second kappa shape index (κ2) is 4.81. The number of rotatable bonds is 3. The second-order valence-corrected chi connectivity index (χ2v) is 2.49. The van der Waals surface area contributed by atoms with Crippen molar-refractivity contribution in [2.24, 2.45) is 5.11 Å². The van der Waals surface area contributed by atoms with E-state index in [-0.39, 0.29) is 12.5 Å². The maximum absolute atomic E-state index is 8.49. The van der Waals surface area contributed by atoms with Crippen LogP contribution in [0, 0.1) is 11.3 Å². The Morgan fingerprint density at radius 3 is 2.69 bits per heavy atom. The predicted molar refractivity (Wildman–Crippen MR) is 48.6 cm³/mol. The van der Waals surface area contributed by atoms with Gasteiger partial charge < -0.3 is 0 Å². The van der Waals surface area contributed by atoms with Crippen LogP contribution in [0.1, 0.15) is 18.0 Å². The van der Waals surface area contributed by atoms with Crippen LogP contribution in [0.25, 0.3) is 10.4 Å². The number of hydrogen-bond donors (Lipinski definition) is 0. The molecular weight excluding hydrogens is 164 g/mol. The molecule has 0 bridgehead atoms. The van der Waals surface area contributed by atoms with Crippen LogP contribution >= 0.6 is 0 Å². The van der Waals surface area contributed by atoms with E-state index in [1.165, 1.54) is 0 Å². The molecule has 4 heteroatoms. The van der Waals surface area contributed by atoms with Gasteiger partial charge in [0.05, 0.1) is 12.1 Å². The Kier molecular flexibility index (Phi) is 3.37. The van der Waals surface area contributed by atoms with Crippen molar-refractivity contribution in [2.75, 3.05) is 0 Å². The lowest BCUT2D eigenvalue weighted by molar-refractivity contribution is 0.741. The first-order valence-electron chi connectivity index (χ1n) is 3.84. The molecule has 0 aliphatic carbocycles. The molecule has 0 saturated carbocycles. The van der Waals surface area contributed by atoms with E-state index in [1.807, 2.05) is 36.4 Å². The Morgan fingerprint density at radius 1 is 1.46 bits per heavy atom. The Labute approximate surface area is 76.1 Å². The molecule has 64 valence electrons. The molecule has 0 saturated heterocycles. The molecule has 0 aliphatic rings. The highest BCUT2D eigenvalue weighted by atomic mass is 15.1. The third-order valence-electron chi connectivity index (χ3n) is 1.66. The van der Waals surface area contributed by atoms with E-state index in [4.69, 9.17) is 10.8 Å². The van der Waals surface area contributed by atoms with Gasteiger partial charge in [0, 0.05) is 11.3 Å². The fourth-order valence-corrected chi connectivity index (χ4v) is 1.05.